The van der Waals surface area contributed by atoms with Gasteiger partial charge in [0.1, 0.15) is 6.04 Å². The number of carbonyl (C=O) groups excluding carboxylic acids is 1. The van der Waals surface area contributed by atoms with Crippen molar-refractivity contribution in [1.82, 2.24) is 4.90 Å². The van der Waals surface area contributed by atoms with E-state index in [-0.39, 0.29) is 11.9 Å². The van der Waals surface area contributed by atoms with Gasteiger partial charge in [-0.15, -0.1) is 0 Å². The highest BCUT2D eigenvalue weighted by molar-refractivity contribution is 7.92. The van der Waals surface area contributed by atoms with Gasteiger partial charge in [-0.3, -0.25) is 14.4 Å². The van der Waals surface area contributed by atoms with Crippen molar-refractivity contribution in [2.24, 2.45) is 0 Å². The van der Waals surface area contributed by atoms with E-state index in [0.29, 0.717) is 17.9 Å². The van der Waals surface area contributed by atoms with Crippen molar-refractivity contribution in [2.75, 3.05) is 40.8 Å². The summed E-state index contributed by atoms with van der Waals surface area (Å²) in [5, 5.41) is 3.00. The first-order valence-electron chi connectivity index (χ1n) is 10.8. The van der Waals surface area contributed by atoms with Crippen LogP contribution in [0.5, 0.6) is 0 Å². The topological polar surface area (TPSA) is 81.8 Å². The molecular weight excluding hydrogens is 436 g/mol. The summed E-state index contributed by atoms with van der Waals surface area (Å²) in [4.78, 5) is 17.8. The van der Waals surface area contributed by atoms with Gasteiger partial charge in [0.05, 0.1) is 6.26 Å². The molecule has 8 heteroatoms. The van der Waals surface area contributed by atoms with E-state index in [9.17, 15) is 13.2 Å². The molecule has 33 heavy (non-hydrogen) atoms. The maximum Gasteiger partial charge on any atom is 0.248 e. The molecule has 0 radical (unpaired) electrons. The van der Waals surface area contributed by atoms with Crippen LogP contribution in [0.3, 0.4) is 0 Å². The number of piperazine rings is 1. The molecule has 1 atom stereocenters. The van der Waals surface area contributed by atoms with Crippen LogP contribution >= 0.6 is 0 Å². The Bertz CT molecular complexity index is 1170. The van der Waals surface area contributed by atoms with Crippen molar-refractivity contribution >= 4 is 33.0 Å². The highest BCUT2D eigenvalue weighted by Crippen LogP contribution is 2.23. The lowest BCUT2D eigenvalue weighted by Crippen LogP contribution is -2.57. The number of amides is 1. The molecular formula is C25H28N4O3S. The first-order chi connectivity index (χ1) is 15.9. The molecule has 1 aliphatic heterocycles. The third-order valence-electron chi connectivity index (χ3n) is 5.56. The Hall–Kier alpha value is -3.36. The minimum Gasteiger partial charge on any atom is -0.357 e. The fourth-order valence-corrected chi connectivity index (χ4v) is 4.60. The van der Waals surface area contributed by atoms with E-state index in [0.717, 1.165) is 31.6 Å². The maximum absolute atomic E-state index is 13.4. The van der Waals surface area contributed by atoms with Gasteiger partial charge in [0.2, 0.25) is 15.9 Å². The molecule has 0 saturated carbocycles. The van der Waals surface area contributed by atoms with E-state index < -0.39 is 10.0 Å². The summed E-state index contributed by atoms with van der Waals surface area (Å²) >= 11 is 0. The molecule has 4 rings (SSSR count). The van der Waals surface area contributed by atoms with Crippen LogP contribution in [0.1, 0.15) is 5.56 Å². The molecule has 0 bridgehead atoms. The molecule has 0 spiro atoms. The second-order valence-electron chi connectivity index (χ2n) is 8.21. The summed E-state index contributed by atoms with van der Waals surface area (Å²) in [5.74, 6) is -0.0968. The Morgan fingerprint density at radius 2 is 1.48 bits per heavy atom. The quantitative estimate of drug-likeness (QED) is 0.560. The number of hydrogen-bond donors (Lipinski definition) is 2. The van der Waals surface area contributed by atoms with E-state index in [2.05, 4.69) is 32.0 Å². The SMILES string of the molecule is CS(=O)(=O)Nc1ccc(NC(=O)C2CN(Cc3ccccc3)CCN2c2ccccc2)cc1. The minimum absolute atomic E-state index is 0.0968. The van der Waals surface area contributed by atoms with Gasteiger partial charge in [-0.05, 0) is 42.0 Å². The van der Waals surface area contributed by atoms with Crippen molar-refractivity contribution in [3.8, 4) is 0 Å². The van der Waals surface area contributed by atoms with E-state index in [4.69, 9.17) is 0 Å². The molecule has 3 aromatic rings. The summed E-state index contributed by atoms with van der Waals surface area (Å²) in [5.41, 5.74) is 3.31. The lowest BCUT2D eigenvalue weighted by molar-refractivity contribution is -0.118. The van der Waals surface area contributed by atoms with Gasteiger partial charge in [-0.25, -0.2) is 8.42 Å². The summed E-state index contributed by atoms with van der Waals surface area (Å²) in [7, 11) is -3.35. The van der Waals surface area contributed by atoms with Crippen LogP contribution in [0.15, 0.2) is 84.9 Å². The normalized spacial score (nSPS) is 16.9. The fraction of sp³-hybridized carbons (Fsp3) is 0.240. The van der Waals surface area contributed by atoms with Crippen molar-refractivity contribution in [2.45, 2.75) is 12.6 Å². The zero-order valence-electron chi connectivity index (χ0n) is 18.5. The van der Waals surface area contributed by atoms with Gasteiger partial charge in [-0.2, -0.15) is 0 Å². The van der Waals surface area contributed by atoms with Crippen molar-refractivity contribution in [3.05, 3.63) is 90.5 Å². The number of nitrogens with one attached hydrogen (secondary N) is 2. The second-order valence-corrected chi connectivity index (χ2v) is 9.95. The maximum atomic E-state index is 13.4. The molecule has 1 amide bonds. The van der Waals surface area contributed by atoms with E-state index in [1.807, 2.05) is 48.5 Å². The largest absolute Gasteiger partial charge is 0.357 e. The number of rotatable bonds is 7. The first kappa shape index (κ1) is 22.8. The Balaban J connectivity index is 1.50. The average Bonchev–Trinajstić information content (AvgIpc) is 2.80. The summed E-state index contributed by atoms with van der Waals surface area (Å²) in [6, 6.07) is 26.5. The first-order valence-corrected chi connectivity index (χ1v) is 12.7. The number of nitrogens with zero attached hydrogens (tertiary/aromatic N) is 2. The van der Waals surface area contributed by atoms with Crippen LogP contribution in [0.2, 0.25) is 0 Å². The summed E-state index contributed by atoms with van der Waals surface area (Å²) < 4.78 is 25.3. The average molecular weight is 465 g/mol. The van der Waals surface area contributed by atoms with Crippen LogP contribution in [0, 0.1) is 0 Å². The number of carbonyl (C=O) groups is 1. The van der Waals surface area contributed by atoms with Gasteiger partial charge in [-0.1, -0.05) is 48.5 Å². The van der Waals surface area contributed by atoms with Gasteiger partial charge < -0.3 is 10.2 Å². The Labute approximate surface area is 195 Å². The highest BCUT2D eigenvalue weighted by Gasteiger charge is 2.32. The molecule has 1 heterocycles. The lowest BCUT2D eigenvalue weighted by Gasteiger charge is -2.42. The summed E-state index contributed by atoms with van der Waals surface area (Å²) in [6.07, 6.45) is 1.10. The standard InChI is InChI=1S/C25H28N4O3S/c1-33(31,32)27-22-14-12-21(13-15-22)26-25(30)24-19-28(18-20-8-4-2-5-9-20)16-17-29(24)23-10-6-3-7-11-23/h2-15,24,27H,16-19H2,1H3,(H,26,30). The summed E-state index contributed by atoms with van der Waals surface area (Å²) in [6.45, 7) is 2.99. The molecule has 1 aliphatic rings. The molecule has 3 aromatic carbocycles. The molecule has 0 aliphatic carbocycles. The van der Waals surface area contributed by atoms with Crippen LogP contribution in [-0.2, 0) is 21.4 Å². The van der Waals surface area contributed by atoms with Gasteiger partial charge in [0, 0.05) is 43.2 Å². The van der Waals surface area contributed by atoms with Crippen LogP contribution < -0.4 is 14.9 Å². The molecule has 0 aromatic heterocycles. The lowest BCUT2D eigenvalue weighted by atomic mass is 10.1. The van der Waals surface area contributed by atoms with E-state index in [1.54, 1.807) is 24.3 Å². The molecule has 172 valence electrons. The Kier molecular flexibility index (Phi) is 6.96. The number of para-hydroxylation sites is 1. The van der Waals surface area contributed by atoms with Crippen LogP contribution in [-0.4, -0.2) is 51.2 Å². The van der Waals surface area contributed by atoms with Crippen LogP contribution in [0.25, 0.3) is 0 Å². The van der Waals surface area contributed by atoms with E-state index >= 15 is 0 Å². The number of anilines is 3. The second kappa shape index (κ2) is 10.1. The van der Waals surface area contributed by atoms with Gasteiger partial charge >= 0.3 is 0 Å². The third kappa shape index (κ3) is 6.34. The Morgan fingerprint density at radius 3 is 2.12 bits per heavy atom. The molecule has 1 unspecified atom stereocenters. The minimum atomic E-state index is -3.35. The number of benzene rings is 3. The van der Waals surface area contributed by atoms with Crippen molar-refractivity contribution in [1.29, 1.82) is 0 Å². The third-order valence-corrected chi connectivity index (χ3v) is 6.17. The monoisotopic (exact) mass is 464 g/mol. The predicted octanol–water partition coefficient (Wildman–Crippen LogP) is 3.39. The zero-order valence-corrected chi connectivity index (χ0v) is 19.3. The zero-order chi connectivity index (χ0) is 23.3. The molecule has 7 nitrogen and oxygen atoms in total. The molecule has 2 N–H and O–H groups in total. The smallest absolute Gasteiger partial charge is 0.248 e. The van der Waals surface area contributed by atoms with Gasteiger partial charge in [0.15, 0.2) is 0 Å². The molecule has 1 fully saturated rings. The highest BCUT2D eigenvalue weighted by atomic mass is 32.2. The predicted molar refractivity (Wildman–Crippen MR) is 133 cm³/mol. The van der Waals surface area contributed by atoms with Crippen molar-refractivity contribution < 1.29 is 13.2 Å². The number of sulfonamides is 1. The molecule has 1 saturated heterocycles. The van der Waals surface area contributed by atoms with Gasteiger partial charge in [0.25, 0.3) is 0 Å². The van der Waals surface area contributed by atoms with Crippen LogP contribution in [0.4, 0.5) is 17.1 Å². The Morgan fingerprint density at radius 1 is 0.879 bits per heavy atom. The number of hydrogen-bond acceptors (Lipinski definition) is 5. The fourth-order valence-electron chi connectivity index (χ4n) is 4.04. The van der Waals surface area contributed by atoms with E-state index in [1.165, 1.54) is 5.56 Å². The van der Waals surface area contributed by atoms with Crippen molar-refractivity contribution in [3.63, 3.8) is 0 Å².